The molecule has 0 saturated carbocycles. The molecule has 7 nitrogen and oxygen atoms in total. The molecule has 0 spiro atoms. The van der Waals surface area contributed by atoms with Crippen molar-refractivity contribution >= 4 is 28.9 Å². The minimum atomic E-state index is -0.798. The van der Waals surface area contributed by atoms with Crippen LogP contribution >= 0.6 is 11.6 Å². The van der Waals surface area contributed by atoms with Crippen molar-refractivity contribution in [3.05, 3.63) is 58.7 Å². The van der Waals surface area contributed by atoms with Crippen LogP contribution in [0.25, 0.3) is 22.8 Å². The first-order valence-corrected chi connectivity index (χ1v) is 9.58. The largest absolute Gasteiger partial charge is 0.444 e. The Morgan fingerprint density at radius 3 is 2.47 bits per heavy atom. The quantitative estimate of drug-likeness (QED) is 0.331. The summed E-state index contributed by atoms with van der Waals surface area (Å²) in [6, 6.07) is 11.4. The highest BCUT2D eigenvalue weighted by Gasteiger charge is 2.30. The molecule has 0 radical (unpaired) electrons. The zero-order valence-electron chi connectivity index (χ0n) is 17.4. The monoisotopic (exact) mass is 424 g/mol. The van der Waals surface area contributed by atoms with E-state index in [1.807, 2.05) is 30.3 Å². The van der Waals surface area contributed by atoms with E-state index in [4.69, 9.17) is 20.8 Å². The molecule has 30 heavy (non-hydrogen) atoms. The Labute approximate surface area is 179 Å². The van der Waals surface area contributed by atoms with Crippen molar-refractivity contribution in [2.45, 2.75) is 27.7 Å². The number of esters is 1. The summed E-state index contributed by atoms with van der Waals surface area (Å²) < 4.78 is 12.7. The van der Waals surface area contributed by atoms with Crippen molar-refractivity contribution in [2.75, 3.05) is 0 Å². The second-order valence-electron chi connectivity index (χ2n) is 7.73. The highest BCUT2D eigenvalue weighted by molar-refractivity contribution is 6.31. The Morgan fingerprint density at radius 1 is 1.27 bits per heavy atom. The normalized spacial score (nSPS) is 12.3. The van der Waals surface area contributed by atoms with Crippen LogP contribution in [0.2, 0.25) is 5.15 Å². The fraction of sp³-hybridized carbons (Fsp3) is 0.273. The molecular formula is C22H21ClN4O3. The van der Waals surface area contributed by atoms with Crippen LogP contribution in [0.15, 0.2) is 41.0 Å². The number of carbonyl (C=O) groups is 1. The Bertz CT molecular complexity index is 1160. The van der Waals surface area contributed by atoms with Gasteiger partial charge in [-0.3, -0.25) is 9.48 Å². The van der Waals surface area contributed by atoms with Gasteiger partial charge in [-0.1, -0.05) is 29.8 Å². The maximum absolute atomic E-state index is 12.7. The summed E-state index contributed by atoms with van der Waals surface area (Å²) in [5.74, 6) is -0.175. The Balaban J connectivity index is 2.20. The van der Waals surface area contributed by atoms with E-state index in [1.165, 1.54) is 10.9 Å². The summed E-state index contributed by atoms with van der Waals surface area (Å²) in [6.45, 7) is 6.89. The van der Waals surface area contributed by atoms with Gasteiger partial charge in [-0.2, -0.15) is 10.4 Å². The molecule has 0 bridgehead atoms. The van der Waals surface area contributed by atoms with Crippen molar-refractivity contribution in [1.29, 1.82) is 5.26 Å². The lowest BCUT2D eigenvalue weighted by Gasteiger charge is -2.18. The topological polar surface area (TPSA) is 93.9 Å². The highest BCUT2D eigenvalue weighted by atomic mass is 35.5. The van der Waals surface area contributed by atoms with Gasteiger partial charge in [-0.05, 0) is 39.8 Å². The van der Waals surface area contributed by atoms with Crippen molar-refractivity contribution in [1.82, 2.24) is 14.8 Å². The van der Waals surface area contributed by atoms with Gasteiger partial charge in [-0.25, -0.2) is 4.98 Å². The highest BCUT2D eigenvalue weighted by Crippen LogP contribution is 2.35. The number of rotatable bonds is 4. The molecule has 1 aromatic carbocycles. The molecule has 0 N–H and O–H groups in total. The lowest BCUT2D eigenvalue weighted by Crippen LogP contribution is -2.23. The van der Waals surface area contributed by atoms with E-state index < -0.39 is 11.4 Å². The first kappa shape index (κ1) is 21.3. The number of oxazole rings is 1. The second-order valence-corrected chi connectivity index (χ2v) is 8.09. The average molecular weight is 425 g/mol. The third-order valence-electron chi connectivity index (χ3n) is 4.31. The Hall–Kier alpha value is -3.37. The van der Waals surface area contributed by atoms with Gasteiger partial charge < -0.3 is 9.15 Å². The number of nitriles is 1. The van der Waals surface area contributed by atoms with Crippen LogP contribution in [0.5, 0.6) is 0 Å². The molecule has 3 rings (SSSR count). The fourth-order valence-electron chi connectivity index (χ4n) is 2.69. The van der Waals surface area contributed by atoms with E-state index in [-0.39, 0.29) is 22.2 Å². The van der Waals surface area contributed by atoms with Gasteiger partial charge in [0.25, 0.3) is 0 Å². The number of benzene rings is 1. The van der Waals surface area contributed by atoms with Crippen LogP contribution in [0, 0.1) is 23.7 Å². The third kappa shape index (κ3) is 4.14. The van der Waals surface area contributed by atoms with Crippen molar-refractivity contribution in [3.8, 4) is 17.5 Å². The van der Waals surface area contributed by atoms with Crippen LogP contribution in [0.3, 0.4) is 0 Å². The number of aryl methyl sites for hydroxylation is 2. The molecule has 0 atom stereocenters. The van der Waals surface area contributed by atoms with Gasteiger partial charge >= 0.3 is 5.97 Å². The average Bonchev–Trinajstić information content (AvgIpc) is 3.27. The molecule has 8 heteroatoms. The molecule has 0 aliphatic carbocycles. The maximum atomic E-state index is 12.7. The molecule has 0 aliphatic heterocycles. The van der Waals surface area contributed by atoms with E-state index in [0.29, 0.717) is 17.1 Å². The van der Waals surface area contributed by atoms with Crippen LogP contribution in [-0.2, 0) is 16.6 Å². The minimum Gasteiger partial charge on any atom is -0.444 e. The molecule has 0 fully saturated rings. The van der Waals surface area contributed by atoms with Crippen molar-refractivity contribution in [3.63, 3.8) is 0 Å². The van der Waals surface area contributed by atoms with Crippen LogP contribution in [-0.4, -0.2) is 20.7 Å². The molecule has 2 heterocycles. The number of aromatic nitrogens is 3. The van der Waals surface area contributed by atoms with Crippen molar-refractivity contribution in [2.24, 2.45) is 12.5 Å². The summed E-state index contributed by atoms with van der Waals surface area (Å²) in [7, 11) is 1.66. The molecule has 0 amide bonds. The van der Waals surface area contributed by atoms with Crippen LogP contribution in [0.4, 0.5) is 0 Å². The first-order chi connectivity index (χ1) is 14.1. The van der Waals surface area contributed by atoms with Gasteiger partial charge in [0.2, 0.25) is 5.89 Å². The third-order valence-corrected chi connectivity index (χ3v) is 4.74. The summed E-state index contributed by atoms with van der Waals surface area (Å²) in [6.07, 6.45) is 1.35. The molecule has 0 unspecified atom stereocenters. The lowest BCUT2D eigenvalue weighted by atomic mass is 9.97. The molecule has 0 aliphatic rings. The molecule has 3 aromatic rings. The zero-order chi connectivity index (χ0) is 22.1. The zero-order valence-corrected chi connectivity index (χ0v) is 18.1. The van der Waals surface area contributed by atoms with Gasteiger partial charge in [-0.15, -0.1) is 0 Å². The number of hydrogen-bond donors (Lipinski definition) is 0. The standard InChI is InChI=1S/C22H21ClN4O3/c1-13-17(19(23)27(5)26-13)18(30-21(28)22(2,3)4)15(11-24)16-12-29-20(25-16)14-9-7-6-8-10-14/h6-10,12H,1-5H3. The summed E-state index contributed by atoms with van der Waals surface area (Å²) in [4.78, 5) is 17.1. The van der Waals surface area contributed by atoms with E-state index in [1.54, 1.807) is 34.7 Å². The van der Waals surface area contributed by atoms with Crippen LogP contribution in [0.1, 0.15) is 37.7 Å². The van der Waals surface area contributed by atoms with Gasteiger partial charge in [0.15, 0.2) is 5.76 Å². The van der Waals surface area contributed by atoms with Gasteiger partial charge in [0.05, 0.1) is 16.7 Å². The first-order valence-electron chi connectivity index (χ1n) is 9.21. The van der Waals surface area contributed by atoms with Crippen LogP contribution < -0.4 is 0 Å². The maximum Gasteiger partial charge on any atom is 0.316 e. The van der Waals surface area contributed by atoms with E-state index >= 15 is 0 Å². The fourth-order valence-corrected chi connectivity index (χ4v) is 2.95. The summed E-state index contributed by atoms with van der Waals surface area (Å²) in [5.41, 5.74) is 1.08. The van der Waals surface area contributed by atoms with E-state index in [9.17, 15) is 10.1 Å². The number of ether oxygens (including phenoxy) is 1. The summed E-state index contributed by atoms with van der Waals surface area (Å²) in [5, 5.41) is 14.5. The Morgan fingerprint density at radius 2 is 1.93 bits per heavy atom. The minimum absolute atomic E-state index is 0.000867. The lowest BCUT2D eigenvalue weighted by molar-refractivity contribution is -0.145. The number of nitrogens with zero attached hydrogens (tertiary/aromatic N) is 4. The SMILES string of the molecule is Cc1nn(C)c(Cl)c1C(OC(=O)C(C)(C)C)=C(C#N)c1coc(-c2ccccc2)n1. The predicted octanol–water partition coefficient (Wildman–Crippen LogP) is 5.02. The van der Waals surface area contributed by atoms with Crippen molar-refractivity contribution < 1.29 is 13.9 Å². The predicted molar refractivity (Wildman–Crippen MR) is 113 cm³/mol. The second kappa shape index (κ2) is 8.17. The number of hydrogen-bond acceptors (Lipinski definition) is 6. The van der Waals surface area contributed by atoms with Gasteiger partial charge in [0, 0.05) is 12.6 Å². The summed E-state index contributed by atoms with van der Waals surface area (Å²) >= 11 is 6.42. The Kier molecular flexibility index (Phi) is 5.81. The molecule has 154 valence electrons. The van der Waals surface area contributed by atoms with E-state index in [0.717, 1.165) is 5.56 Å². The molecular weight excluding hydrogens is 404 g/mol. The van der Waals surface area contributed by atoms with Gasteiger partial charge in [0.1, 0.15) is 28.8 Å². The molecule has 2 aromatic heterocycles. The number of carbonyl (C=O) groups excluding carboxylic acids is 1. The number of allylic oxidation sites excluding steroid dienone is 1. The molecule has 0 saturated heterocycles. The van der Waals surface area contributed by atoms with E-state index in [2.05, 4.69) is 16.2 Å². The number of halogens is 1. The smallest absolute Gasteiger partial charge is 0.316 e.